The molecule has 3 aromatic rings. The molecule has 0 heterocycles. The number of carbonyl (C=O) groups is 2. The lowest BCUT2D eigenvalue weighted by molar-refractivity contribution is -0.140. The lowest BCUT2D eigenvalue weighted by atomic mass is 10.0. The van der Waals surface area contributed by atoms with Gasteiger partial charge in [-0.25, -0.2) is 8.42 Å². The van der Waals surface area contributed by atoms with Gasteiger partial charge in [0.1, 0.15) is 12.6 Å². The molecule has 0 bridgehead atoms. The van der Waals surface area contributed by atoms with Crippen LogP contribution in [0.4, 0.5) is 5.69 Å². The molecule has 0 spiro atoms. The highest BCUT2D eigenvalue weighted by Gasteiger charge is 2.33. The summed E-state index contributed by atoms with van der Waals surface area (Å²) in [6.07, 6.45) is 2.01. The molecule has 8 heteroatoms. The minimum Gasteiger partial charge on any atom is -0.354 e. The molecule has 40 heavy (non-hydrogen) atoms. The Kier molecular flexibility index (Phi) is 10.9. The molecule has 0 saturated heterocycles. The zero-order valence-electron chi connectivity index (χ0n) is 24.1. The Hall–Kier alpha value is -3.65. The lowest BCUT2D eigenvalue weighted by Gasteiger charge is -2.34. The number of nitrogens with one attached hydrogen (secondary N) is 1. The van der Waals surface area contributed by atoms with E-state index in [1.165, 1.54) is 4.90 Å². The number of anilines is 1. The first-order chi connectivity index (χ1) is 19.0. The third kappa shape index (κ3) is 8.42. The fourth-order valence-corrected chi connectivity index (χ4v) is 5.48. The molecule has 1 atom stereocenters. The molecule has 0 aromatic heterocycles. The lowest BCUT2D eigenvalue weighted by Crippen LogP contribution is -2.53. The largest absolute Gasteiger partial charge is 0.354 e. The molecule has 214 valence electrons. The van der Waals surface area contributed by atoms with E-state index in [0.29, 0.717) is 25.1 Å². The molecule has 7 nitrogen and oxygen atoms in total. The van der Waals surface area contributed by atoms with Crippen LogP contribution >= 0.6 is 0 Å². The Balaban J connectivity index is 2.08. The number of sulfonamides is 1. The summed E-state index contributed by atoms with van der Waals surface area (Å²) in [6, 6.07) is 23.6. The summed E-state index contributed by atoms with van der Waals surface area (Å²) in [5, 5.41) is 3.01. The van der Waals surface area contributed by atoms with E-state index < -0.39 is 28.5 Å². The highest BCUT2D eigenvalue weighted by molar-refractivity contribution is 7.92. The fourth-order valence-electron chi connectivity index (χ4n) is 4.60. The van der Waals surface area contributed by atoms with Crippen molar-refractivity contribution in [1.29, 1.82) is 0 Å². The van der Waals surface area contributed by atoms with Crippen molar-refractivity contribution in [2.75, 3.05) is 23.7 Å². The van der Waals surface area contributed by atoms with Gasteiger partial charge in [-0.2, -0.15) is 0 Å². The summed E-state index contributed by atoms with van der Waals surface area (Å²) in [5.74, 6) is -0.479. The van der Waals surface area contributed by atoms with Gasteiger partial charge in [-0.15, -0.1) is 0 Å². The quantitative estimate of drug-likeness (QED) is 0.326. The second kappa shape index (κ2) is 14.1. The average Bonchev–Trinajstić information content (AvgIpc) is 2.93. The van der Waals surface area contributed by atoms with Gasteiger partial charge in [-0.3, -0.25) is 13.9 Å². The molecule has 0 radical (unpaired) electrons. The van der Waals surface area contributed by atoms with Gasteiger partial charge in [0.25, 0.3) is 0 Å². The van der Waals surface area contributed by atoms with Crippen LogP contribution in [0.25, 0.3) is 0 Å². The van der Waals surface area contributed by atoms with Crippen LogP contribution < -0.4 is 9.62 Å². The number of amides is 2. The van der Waals surface area contributed by atoms with Crippen LogP contribution in [-0.4, -0.2) is 50.5 Å². The Labute approximate surface area is 239 Å². The molecule has 0 fully saturated rings. The van der Waals surface area contributed by atoms with Crippen LogP contribution in [-0.2, 0) is 39.0 Å². The molecular weight excluding hydrogens is 522 g/mol. The van der Waals surface area contributed by atoms with Crippen molar-refractivity contribution in [2.24, 2.45) is 5.92 Å². The van der Waals surface area contributed by atoms with E-state index in [4.69, 9.17) is 0 Å². The van der Waals surface area contributed by atoms with Crippen LogP contribution in [0.1, 0.15) is 43.0 Å². The normalized spacial score (nSPS) is 12.2. The average molecular weight is 564 g/mol. The number of nitrogens with zero attached hydrogens (tertiary/aromatic N) is 2. The number of hydrogen-bond donors (Lipinski definition) is 1. The Morgan fingerprint density at radius 2 is 1.48 bits per heavy atom. The van der Waals surface area contributed by atoms with Gasteiger partial charge in [-0.05, 0) is 47.6 Å². The molecule has 1 N–H and O–H groups in total. The number of aryl methyl sites for hydroxylation is 2. The number of benzene rings is 3. The Morgan fingerprint density at radius 3 is 2.08 bits per heavy atom. The summed E-state index contributed by atoms with van der Waals surface area (Å²) in [5.41, 5.74) is 4.08. The van der Waals surface area contributed by atoms with Gasteiger partial charge < -0.3 is 10.2 Å². The van der Waals surface area contributed by atoms with Crippen LogP contribution in [0.2, 0.25) is 0 Å². The summed E-state index contributed by atoms with van der Waals surface area (Å²) < 4.78 is 27.2. The minimum absolute atomic E-state index is 0.172. The van der Waals surface area contributed by atoms with E-state index >= 15 is 0 Å². The number of carbonyl (C=O) groups excluding carboxylic acids is 2. The van der Waals surface area contributed by atoms with Crippen molar-refractivity contribution >= 4 is 27.5 Å². The summed E-state index contributed by atoms with van der Waals surface area (Å²) in [4.78, 5) is 29.4. The van der Waals surface area contributed by atoms with E-state index in [1.54, 1.807) is 12.1 Å². The van der Waals surface area contributed by atoms with Gasteiger partial charge >= 0.3 is 0 Å². The van der Waals surface area contributed by atoms with E-state index in [9.17, 15) is 18.0 Å². The first kappa shape index (κ1) is 30.9. The number of para-hydroxylation sites is 1. The fraction of sp³-hybridized carbons (Fsp3) is 0.375. The van der Waals surface area contributed by atoms with Crippen molar-refractivity contribution in [1.82, 2.24) is 10.2 Å². The van der Waals surface area contributed by atoms with Gasteiger partial charge in [0.2, 0.25) is 21.8 Å². The SMILES string of the molecule is CCc1ccccc1N(CC(=O)N(Cc1ccccc1C)[C@@H](Cc1ccccc1)C(=O)NCC(C)C)S(C)(=O)=O. The van der Waals surface area contributed by atoms with Crippen molar-refractivity contribution < 1.29 is 18.0 Å². The van der Waals surface area contributed by atoms with Gasteiger partial charge in [0.15, 0.2) is 0 Å². The summed E-state index contributed by atoms with van der Waals surface area (Å²) in [6.45, 7) is 8.16. The molecule has 3 rings (SSSR count). The number of rotatable bonds is 13. The molecule has 2 amide bonds. The van der Waals surface area contributed by atoms with Gasteiger partial charge in [0, 0.05) is 19.5 Å². The summed E-state index contributed by atoms with van der Waals surface area (Å²) >= 11 is 0. The van der Waals surface area contributed by atoms with Gasteiger partial charge in [-0.1, -0.05) is 93.6 Å². The van der Waals surface area contributed by atoms with Crippen LogP contribution in [0.5, 0.6) is 0 Å². The van der Waals surface area contributed by atoms with E-state index in [0.717, 1.165) is 32.8 Å². The second-order valence-electron chi connectivity index (χ2n) is 10.5. The predicted octanol–water partition coefficient (Wildman–Crippen LogP) is 4.74. The minimum atomic E-state index is -3.80. The topological polar surface area (TPSA) is 86.8 Å². The van der Waals surface area contributed by atoms with Crippen LogP contribution in [0.15, 0.2) is 78.9 Å². The third-order valence-electron chi connectivity index (χ3n) is 6.88. The first-order valence-electron chi connectivity index (χ1n) is 13.7. The van der Waals surface area contributed by atoms with Gasteiger partial charge in [0.05, 0.1) is 11.9 Å². The maximum Gasteiger partial charge on any atom is 0.244 e. The molecule has 0 aliphatic heterocycles. The second-order valence-corrected chi connectivity index (χ2v) is 12.5. The maximum absolute atomic E-state index is 14.2. The Bertz CT molecular complexity index is 1390. The Morgan fingerprint density at radius 1 is 0.875 bits per heavy atom. The molecular formula is C32H41N3O4S. The molecule has 0 saturated carbocycles. The van der Waals surface area contributed by atoms with Crippen molar-refractivity contribution in [3.63, 3.8) is 0 Å². The summed E-state index contributed by atoms with van der Waals surface area (Å²) in [7, 11) is -3.80. The van der Waals surface area contributed by atoms with E-state index in [1.807, 2.05) is 94.4 Å². The first-order valence-corrected chi connectivity index (χ1v) is 15.6. The highest BCUT2D eigenvalue weighted by atomic mass is 32.2. The van der Waals surface area contributed by atoms with E-state index in [-0.39, 0.29) is 18.4 Å². The molecule has 3 aromatic carbocycles. The number of hydrogen-bond acceptors (Lipinski definition) is 4. The van der Waals surface area contributed by atoms with E-state index in [2.05, 4.69) is 5.32 Å². The van der Waals surface area contributed by atoms with Crippen molar-refractivity contribution in [3.8, 4) is 0 Å². The molecule has 0 unspecified atom stereocenters. The third-order valence-corrected chi connectivity index (χ3v) is 8.00. The molecule has 0 aliphatic rings. The zero-order chi connectivity index (χ0) is 29.3. The monoisotopic (exact) mass is 563 g/mol. The highest BCUT2D eigenvalue weighted by Crippen LogP contribution is 2.25. The standard InChI is InChI=1S/C32H41N3O4S/c1-6-27-17-12-13-19-29(27)35(40(5,38)39)23-31(36)34(22-28-18-11-10-14-25(28)4)30(32(37)33-21-24(2)3)20-26-15-8-7-9-16-26/h7-19,24,30H,6,20-23H2,1-5H3,(H,33,37)/t30-/m0/s1. The molecule has 0 aliphatic carbocycles. The zero-order valence-corrected chi connectivity index (χ0v) is 24.9. The van der Waals surface area contributed by atoms with Crippen molar-refractivity contribution in [2.45, 2.75) is 53.1 Å². The van der Waals surface area contributed by atoms with Crippen molar-refractivity contribution in [3.05, 3.63) is 101 Å². The smallest absolute Gasteiger partial charge is 0.244 e. The van der Waals surface area contributed by atoms with Crippen LogP contribution in [0.3, 0.4) is 0 Å². The maximum atomic E-state index is 14.2. The van der Waals surface area contributed by atoms with Crippen LogP contribution in [0, 0.1) is 12.8 Å². The predicted molar refractivity (Wildman–Crippen MR) is 162 cm³/mol.